The molecule has 0 bridgehead atoms. The lowest BCUT2D eigenvalue weighted by atomic mass is 9.73. The van der Waals surface area contributed by atoms with Crippen molar-refractivity contribution in [2.75, 3.05) is 13.7 Å². The number of carbonyl (C=O) groups is 1. The highest BCUT2D eigenvalue weighted by molar-refractivity contribution is 5.79. The molecule has 29 heavy (non-hydrogen) atoms. The molecule has 3 aliphatic carbocycles. The molecule has 7 nitrogen and oxygen atoms in total. The summed E-state index contributed by atoms with van der Waals surface area (Å²) in [6.07, 6.45) is 9.59. The predicted molar refractivity (Wildman–Crippen MR) is 109 cm³/mol. The normalized spacial score (nSPS) is 43.7. The van der Waals surface area contributed by atoms with Crippen molar-refractivity contribution in [1.82, 2.24) is 16.1 Å². The summed E-state index contributed by atoms with van der Waals surface area (Å²) in [7, 11) is 1.69. The summed E-state index contributed by atoms with van der Waals surface area (Å²) >= 11 is 0. The van der Waals surface area contributed by atoms with Gasteiger partial charge in [0.05, 0.1) is 18.9 Å². The van der Waals surface area contributed by atoms with Gasteiger partial charge in [-0.05, 0) is 82.0 Å². The summed E-state index contributed by atoms with van der Waals surface area (Å²) in [6.45, 7) is 2.41. The molecule has 1 aliphatic heterocycles. The Morgan fingerprint density at radius 1 is 1.17 bits per heavy atom. The van der Waals surface area contributed by atoms with E-state index in [1.54, 1.807) is 7.11 Å². The third kappa shape index (κ3) is 4.96. The Hall–Kier alpha value is -0.730. The molecule has 1 heterocycles. The largest absolute Gasteiger partial charge is 0.393 e. The van der Waals surface area contributed by atoms with Gasteiger partial charge >= 0.3 is 0 Å². The summed E-state index contributed by atoms with van der Waals surface area (Å²) in [4.78, 5) is 18.5. The fraction of sp³-hybridized carbons (Fsp3) is 0.955. The second-order valence-corrected chi connectivity index (χ2v) is 9.88. The van der Waals surface area contributed by atoms with Crippen LogP contribution in [-0.4, -0.2) is 49.3 Å². The summed E-state index contributed by atoms with van der Waals surface area (Å²) in [5.74, 6) is 2.47. The molecule has 1 amide bonds. The van der Waals surface area contributed by atoms with E-state index in [0.717, 1.165) is 38.5 Å². The standard InChI is InChI=1S/C22H39N3O4/c1-13(26)14-4-3-5-17(10-14)22(27)23-19-9-7-15-11-16(6-8-18(15)19)21-24-20(12-28-2)29-25-21/h13-21,24-26H,3-12H2,1-2H3,(H,23,27)/t13-,14?,15?,16?,17?,18?,19+,20?,21?/m0/s1. The number of methoxy groups -OCH3 is 1. The first-order chi connectivity index (χ1) is 14.0. The Labute approximate surface area is 174 Å². The Morgan fingerprint density at radius 2 is 2.00 bits per heavy atom. The number of hydrogen-bond acceptors (Lipinski definition) is 6. The van der Waals surface area contributed by atoms with E-state index in [2.05, 4.69) is 16.1 Å². The zero-order valence-corrected chi connectivity index (χ0v) is 17.9. The van der Waals surface area contributed by atoms with Crippen LogP contribution in [0.25, 0.3) is 0 Å². The van der Waals surface area contributed by atoms with Gasteiger partial charge in [0.25, 0.3) is 0 Å². The molecular formula is C22H39N3O4. The van der Waals surface area contributed by atoms with Crippen LogP contribution in [0.2, 0.25) is 0 Å². The summed E-state index contributed by atoms with van der Waals surface area (Å²) < 4.78 is 5.17. The average Bonchev–Trinajstić information content (AvgIpc) is 3.35. The molecule has 0 spiro atoms. The molecule has 0 aromatic carbocycles. The van der Waals surface area contributed by atoms with Gasteiger partial charge in [-0.15, -0.1) is 0 Å². The quantitative estimate of drug-likeness (QED) is 0.536. The van der Waals surface area contributed by atoms with E-state index in [1.807, 2.05) is 6.92 Å². The predicted octanol–water partition coefficient (Wildman–Crippen LogP) is 1.91. The third-order valence-electron chi connectivity index (χ3n) is 8.03. The van der Waals surface area contributed by atoms with Gasteiger partial charge in [-0.1, -0.05) is 6.42 Å². The van der Waals surface area contributed by atoms with Crippen molar-refractivity contribution in [3.05, 3.63) is 0 Å². The molecule has 7 unspecified atom stereocenters. The molecule has 7 heteroatoms. The van der Waals surface area contributed by atoms with Crippen molar-refractivity contribution in [2.45, 2.75) is 89.3 Å². The van der Waals surface area contributed by atoms with E-state index in [-0.39, 0.29) is 36.2 Å². The van der Waals surface area contributed by atoms with Crippen molar-refractivity contribution in [1.29, 1.82) is 0 Å². The molecule has 4 fully saturated rings. The van der Waals surface area contributed by atoms with Crippen LogP contribution in [0.1, 0.15) is 64.7 Å². The number of hydrogen-bond donors (Lipinski definition) is 4. The van der Waals surface area contributed by atoms with Crippen molar-refractivity contribution in [2.24, 2.45) is 29.6 Å². The van der Waals surface area contributed by atoms with E-state index in [1.165, 1.54) is 19.3 Å². The Morgan fingerprint density at radius 3 is 2.79 bits per heavy atom. The zero-order valence-electron chi connectivity index (χ0n) is 17.9. The van der Waals surface area contributed by atoms with Crippen LogP contribution in [0.15, 0.2) is 0 Å². The number of aliphatic hydroxyl groups is 1. The van der Waals surface area contributed by atoms with Gasteiger partial charge in [-0.3, -0.25) is 14.9 Å². The number of hydroxylamine groups is 1. The van der Waals surface area contributed by atoms with E-state index < -0.39 is 0 Å². The minimum Gasteiger partial charge on any atom is -0.393 e. The average molecular weight is 410 g/mol. The molecule has 0 aromatic rings. The van der Waals surface area contributed by atoms with Gasteiger partial charge < -0.3 is 15.2 Å². The first-order valence-corrected chi connectivity index (χ1v) is 11.7. The zero-order chi connectivity index (χ0) is 20.4. The lowest BCUT2D eigenvalue weighted by Gasteiger charge is -2.37. The number of carbonyl (C=O) groups excluding carboxylic acids is 1. The minimum atomic E-state index is -0.304. The van der Waals surface area contributed by atoms with Crippen LogP contribution in [-0.2, 0) is 14.4 Å². The number of rotatable bonds is 6. The lowest BCUT2D eigenvalue weighted by molar-refractivity contribution is -0.128. The van der Waals surface area contributed by atoms with Crippen molar-refractivity contribution in [3.8, 4) is 0 Å². The number of fused-ring (bicyclic) bond motifs is 1. The van der Waals surface area contributed by atoms with Gasteiger partial charge in [0.1, 0.15) is 0 Å². The first kappa shape index (κ1) is 21.5. The number of aliphatic hydroxyl groups excluding tert-OH is 1. The maximum absolute atomic E-state index is 12.9. The van der Waals surface area contributed by atoms with Crippen LogP contribution >= 0.6 is 0 Å². The summed E-state index contributed by atoms with van der Waals surface area (Å²) in [5.41, 5.74) is 3.16. The molecule has 4 N–H and O–H groups in total. The molecule has 166 valence electrons. The van der Waals surface area contributed by atoms with Gasteiger partial charge in [0, 0.05) is 19.1 Å². The SMILES string of the molecule is COCC1NC(C2CCC3C(CC[C@H]3NC(=O)C3CCCC([C@H](C)O)C3)C2)NO1. The minimum absolute atomic E-state index is 0.0701. The second kappa shape index (κ2) is 9.60. The van der Waals surface area contributed by atoms with Crippen molar-refractivity contribution < 1.29 is 19.5 Å². The smallest absolute Gasteiger partial charge is 0.223 e. The van der Waals surface area contributed by atoms with Crippen LogP contribution < -0.4 is 16.1 Å². The van der Waals surface area contributed by atoms with Gasteiger partial charge in [0.15, 0.2) is 6.23 Å². The van der Waals surface area contributed by atoms with Gasteiger partial charge in [-0.25, -0.2) is 0 Å². The van der Waals surface area contributed by atoms with Gasteiger partial charge in [-0.2, -0.15) is 5.48 Å². The van der Waals surface area contributed by atoms with E-state index in [9.17, 15) is 9.90 Å². The van der Waals surface area contributed by atoms with Crippen LogP contribution in [0.4, 0.5) is 0 Å². The van der Waals surface area contributed by atoms with Crippen LogP contribution in [0.3, 0.4) is 0 Å². The topological polar surface area (TPSA) is 91.9 Å². The highest BCUT2D eigenvalue weighted by Crippen LogP contribution is 2.45. The van der Waals surface area contributed by atoms with Crippen LogP contribution in [0, 0.1) is 29.6 Å². The fourth-order valence-corrected chi connectivity index (χ4v) is 6.37. The second-order valence-electron chi connectivity index (χ2n) is 9.88. The van der Waals surface area contributed by atoms with E-state index >= 15 is 0 Å². The lowest BCUT2D eigenvalue weighted by Crippen LogP contribution is -2.47. The highest BCUT2D eigenvalue weighted by Gasteiger charge is 2.44. The molecular weight excluding hydrogens is 370 g/mol. The maximum Gasteiger partial charge on any atom is 0.223 e. The number of nitrogens with one attached hydrogen (secondary N) is 3. The molecule has 9 atom stereocenters. The Bertz CT molecular complexity index is 560. The molecule has 0 radical (unpaired) electrons. The highest BCUT2D eigenvalue weighted by atomic mass is 16.7. The van der Waals surface area contributed by atoms with Crippen molar-refractivity contribution in [3.63, 3.8) is 0 Å². The molecule has 3 saturated carbocycles. The third-order valence-corrected chi connectivity index (χ3v) is 8.03. The number of amides is 1. The fourth-order valence-electron chi connectivity index (χ4n) is 6.37. The number of ether oxygens (including phenoxy) is 1. The van der Waals surface area contributed by atoms with Gasteiger partial charge in [0.2, 0.25) is 5.91 Å². The first-order valence-electron chi connectivity index (χ1n) is 11.7. The Kier molecular flexibility index (Phi) is 7.12. The summed E-state index contributed by atoms with van der Waals surface area (Å²) in [5, 5.41) is 16.8. The Balaban J connectivity index is 1.26. The molecule has 4 aliphatic rings. The molecule has 1 saturated heterocycles. The molecule has 0 aromatic heterocycles. The van der Waals surface area contributed by atoms with Crippen LogP contribution in [0.5, 0.6) is 0 Å². The van der Waals surface area contributed by atoms with Crippen molar-refractivity contribution >= 4 is 5.91 Å². The van der Waals surface area contributed by atoms with E-state index in [4.69, 9.17) is 9.57 Å². The maximum atomic E-state index is 12.9. The van der Waals surface area contributed by atoms with E-state index in [0.29, 0.717) is 30.4 Å². The monoisotopic (exact) mass is 409 g/mol. The molecule has 4 rings (SSSR count). The summed E-state index contributed by atoms with van der Waals surface area (Å²) in [6, 6.07) is 0.336.